The molecule has 0 aliphatic carbocycles. The molecule has 1 aromatic heterocycles. The Morgan fingerprint density at radius 3 is 2.29 bits per heavy atom. The average molecular weight is 454 g/mol. The summed E-state index contributed by atoms with van der Waals surface area (Å²) in [4.78, 5) is 4.99. The lowest BCUT2D eigenvalue weighted by Crippen LogP contribution is -1.96. The molecular formula is C24H20ClNO4S. The van der Waals surface area contributed by atoms with Crippen molar-refractivity contribution in [2.45, 2.75) is 11.3 Å². The first kappa shape index (κ1) is 21.2. The van der Waals surface area contributed by atoms with Crippen LogP contribution in [0.3, 0.4) is 0 Å². The lowest BCUT2D eigenvalue weighted by atomic mass is 10.1. The van der Waals surface area contributed by atoms with Crippen molar-refractivity contribution < 1.29 is 17.6 Å². The van der Waals surface area contributed by atoms with Crippen LogP contribution in [0.2, 0.25) is 5.02 Å². The van der Waals surface area contributed by atoms with E-state index in [1.807, 2.05) is 36.4 Å². The summed E-state index contributed by atoms with van der Waals surface area (Å²) in [6.45, 7) is 0. The number of hydrogen-bond acceptors (Lipinski definition) is 5. The van der Waals surface area contributed by atoms with Gasteiger partial charge in [0, 0.05) is 23.8 Å². The fourth-order valence-corrected chi connectivity index (χ4v) is 4.09. The van der Waals surface area contributed by atoms with Crippen LogP contribution in [0, 0.1) is 0 Å². The summed E-state index contributed by atoms with van der Waals surface area (Å²) in [7, 11) is -1.74. The number of halogens is 1. The molecule has 158 valence electrons. The maximum absolute atomic E-state index is 11.8. The fourth-order valence-electron chi connectivity index (χ4n) is 3.26. The standard InChI is InChI=1S/C24H20ClNO4S/c1-29-21-15-18(10-13-20(21)25)23-24(17-8-11-19(12-9-17)31(2,27)28)30-22(26-23)14-16-6-4-3-5-7-16/h3-13,15H,14H2,1-2H3. The molecular weight excluding hydrogens is 434 g/mol. The Labute approximate surface area is 186 Å². The Balaban J connectivity index is 1.82. The van der Waals surface area contributed by atoms with E-state index >= 15 is 0 Å². The predicted octanol–water partition coefficient (Wildman–Crippen LogP) is 5.66. The highest BCUT2D eigenvalue weighted by molar-refractivity contribution is 7.90. The Kier molecular flexibility index (Phi) is 5.85. The fraction of sp³-hybridized carbons (Fsp3) is 0.125. The Morgan fingerprint density at radius 1 is 0.968 bits per heavy atom. The van der Waals surface area contributed by atoms with E-state index in [1.165, 1.54) is 6.26 Å². The van der Waals surface area contributed by atoms with Crippen LogP contribution >= 0.6 is 11.6 Å². The van der Waals surface area contributed by atoms with Gasteiger partial charge in [-0.15, -0.1) is 0 Å². The summed E-state index contributed by atoms with van der Waals surface area (Å²) in [6.07, 6.45) is 1.71. The van der Waals surface area contributed by atoms with E-state index in [0.29, 0.717) is 34.5 Å². The van der Waals surface area contributed by atoms with Gasteiger partial charge < -0.3 is 9.15 Å². The Morgan fingerprint density at radius 2 is 1.65 bits per heavy atom. The van der Waals surface area contributed by atoms with Crippen molar-refractivity contribution in [3.63, 3.8) is 0 Å². The maximum Gasteiger partial charge on any atom is 0.199 e. The molecule has 0 bridgehead atoms. The first-order valence-electron chi connectivity index (χ1n) is 9.53. The van der Waals surface area contributed by atoms with E-state index in [1.54, 1.807) is 43.5 Å². The third kappa shape index (κ3) is 4.65. The number of sulfone groups is 1. The number of nitrogens with zero attached hydrogens (tertiary/aromatic N) is 1. The van der Waals surface area contributed by atoms with Gasteiger partial charge in [-0.1, -0.05) is 48.0 Å². The molecule has 0 saturated heterocycles. The number of methoxy groups -OCH3 is 1. The molecule has 0 aliphatic heterocycles. The van der Waals surface area contributed by atoms with Crippen LogP contribution in [0.15, 0.2) is 82.1 Å². The molecule has 1 heterocycles. The van der Waals surface area contributed by atoms with Crippen LogP contribution in [-0.2, 0) is 16.3 Å². The highest BCUT2D eigenvalue weighted by Gasteiger charge is 2.19. The van der Waals surface area contributed by atoms with Crippen molar-refractivity contribution in [3.8, 4) is 28.3 Å². The molecule has 4 rings (SSSR count). The van der Waals surface area contributed by atoms with E-state index in [9.17, 15) is 8.42 Å². The zero-order chi connectivity index (χ0) is 22.0. The SMILES string of the molecule is COc1cc(-c2nc(Cc3ccccc3)oc2-c2ccc(S(C)(=O)=O)cc2)ccc1Cl. The summed E-state index contributed by atoms with van der Waals surface area (Å²) >= 11 is 6.19. The second kappa shape index (κ2) is 8.57. The van der Waals surface area contributed by atoms with E-state index < -0.39 is 9.84 Å². The van der Waals surface area contributed by atoms with Crippen LogP contribution in [-0.4, -0.2) is 26.8 Å². The van der Waals surface area contributed by atoms with E-state index in [0.717, 1.165) is 16.7 Å². The van der Waals surface area contributed by atoms with Crippen LogP contribution < -0.4 is 4.74 Å². The summed E-state index contributed by atoms with van der Waals surface area (Å²) in [6, 6.07) is 21.9. The van der Waals surface area contributed by atoms with Gasteiger partial charge in [0.2, 0.25) is 0 Å². The molecule has 3 aromatic carbocycles. The van der Waals surface area contributed by atoms with E-state index in [4.69, 9.17) is 25.7 Å². The van der Waals surface area contributed by atoms with Crippen LogP contribution in [0.5, 0.6) is 5.75 Å². The summed E-state index contributed by atoms with van der Waals surface area (Å²) in [5.74, 6) is 1.64. The van der Waals surface area contributed by atoms with Crippen LogP contribution in [0.25, 0.3) is 22.6 Å². The molecule has 0 radical (unpaired) electrons. The molecule has 0 saturated carbocycles. The molecule has 4 aromatic rings. The largest absolute Gasteiger partial charge is 0.495 e. The van der Waals surface area contributed by atoms with Gasteiger partial charge in [0.05, 0.1) is 17.0 Å². The molecule has 0 unspecified atom stereocenters. The lowest BCUT2D eigenvalue weighted by molar-refractivity contribution is 0.415. The van der Waals surface area contributed by atoms with Crippen molar-refractivity contribution in [2.75, 3.05) is 13.4 Å². The third-order valence-electron chi connectivity index (χ3n) is 4.84. The minimum atomic E-state index is -3.29. The molecule has 31 heavy (non-hydrogen) atoms. The van der Waals surface area contributed by atoms with Crippen molar-refractivity contribution >= 4 is 21.4 Å². The summed E-state index contributed by atoms with van der Waals surface area (Å²) in [5.41, 5.74) is 3.21. The van der Waals surface area contributed by atoms with Gasteiger partial charge in [0.25, 0.3) is 0 Å². The highest BCUT2D eigenvalue weighted by atomic mass is 35.5. The number of oxazole rings is 1. The summed E-state index contributed by atoms with van der Waals surface area (Å²) in [5, 5.41) is 0.498. The van der Waals surface area contributed by atoms with E-state index in [-0.39, 0.29) is 4.90 Å². The second-order valence-corrected chi connectivity index (χ2v) is 9.52. The molecule has 0 atom stereocenters. The molecule has 0 amide bonds. The van der Waals surface area contributed by atoms with Gasteiger partial charge in [-0.25, -0.2) is 13.4 Å². The number of hydrogen-bond donors (Lipinski definition) is 0. The highest BCUT2D eigenvalue weighted by Crippen LogP contribution is 2.37. The van der Waals surface area contributed by atoms with Gasteiger partial charge in [-0.05, 0) is 42.0 Å². The molecule has 0 N–H and O–H groups in total. The maximum atomic E-state index is 11.8. The van der Waals surface area contributed by atoms with Gasteiger partial charge in [-0.2, -0.15) is 0 Å². The molecule has 0 aliphatic rings. The van der Waals surface area contributed by atoms with Gasteiger partial charge in [0.15, 0.2) is 21.5 Å². The minimum Gasteiger partial charge on any atom is -0.495 e. The molecule has 0 spiro atoms. The molecule has 7 heteroatoms. The zero-order valence-corrected chi connectivity index (χ0v) is 18.6. The number of benzene rings is 3. The van der Waals surface area contributed by atoms with Crippen LogP contribution in [0.1, 0.15) is 11.5 Å². The summed E-state index contributed by atoms with van der Waals surface area (Å²) < 4.78 is 35.1. The topological polar surface area (TPSA) is 69.4 Å². The third-order valence-corrected chi connectivity index (χ3v) is 6.28. The van der Waals surface area contributed by atoms with Crippen LogP contribution in [0.4, 0.5) is 0 Å². The number of ether oxygens (including phenoxy) is 1. The zero-order valence-electron chi connectivity index (χ0n) is 17.0. The van der Waals surface area contributed by atoms with Crippen molar-refractivity contribution in [3.05, 3.63) is 89.3 Å². The average Bonchev–Trinajstić information content (AvgIpc) is 3.18. The Hall–Kier alpha value is -3.09. The number of aromatic nitrogens is 1. The quantitative estimate of drug-likeness (QED) is 0.376. The smallest absolute Gasteiger partial charge is 0.199 e. The molecule has 5 nitrogen and oxygen atoms in total. The lowest BCUT2D eigenvalue weighted by Gasteiger charge is -2.06. The van der Waals surface area contributed by atoms with Crippen molar-refractivity contribution in [1.29, 1.82) is 0 Å². The first-order valence-corrected chi connectivity index (χ1v) is 11.8. The van der Waals surface area contributed by atoms with Crippen molar-refractivity contribution in [2.24, 2.45) is 0 Å². The normalized spacial score (nSPS) is 11.5. The predicted molar refractivity (Wildman–Crippen MR) is 121 cm³/mol. The van der Waals surface area contributed by atoms with E-state index in [2.05, 4.69) is 0 Å². The first-order chi connectivity index (χ1) is 14.8. The van der Waals surface area contributed by atoms with Gasteiger partial charge >= 0.3 is 0 Å². The van der Waals surface area contributed by atoms with Gasteiger partial charge in [0.1, 0.15) is 11.4 Å². The molecule has 0 fully saturated rings. The van der Waals surface area contributed by atoms with Gasteiger partial charge in [-0.3, -0.25) is 0 Å². The minimum absolute atomic E-state index is 0.245. The monoisotopic (exact) mass is 453 g/mol. The van der Waals surface area contributed by atoms with Crippen molar-refractivity contribution in [1.82, 2.24) is 4.98 Å². The Bertz CT molecular complexity index is 1310. The number of rotatable bonds is 6. The second-order valence-electron chi connectivity index (χ2n) is 7.09.